The van der Waals surface area contributed by atoms with E-state index in [1.807, 2.05) is 18.2 Å². The summed E-state index contributed by atoms with van der Waals surface area (Å²) >= 11 is 3.41. The Morgan fingerprint density at radius 2 is 1.93 bits per heavy atom. The van der Waals surface area contributed by atoms with Crippen LogP contribution in [0.25, 0.3) is 0 Å². The molecule has 0 spiro atoms. The largest absolute Gasteiger partial charge is 0.397 e. The first-order valence-electron chi connectivity index (χ1n) is 5.06. The number of benzene rings is 1. The van der Waals surface area contributed by atoms with Gasteiger partial charge in [0.2, 0.25) is 0 Å². The molecule has 0 fully saturated rings. The van der Waals surface area contributed by atoms with Gasteiger partial charge < -0.3 is 10.6 Å². The van der Waals surface area contributed by atoms with Crippen molar-refractivity contribution in [2.45, 2.75) is 20.8 Å². The molecule has 0 aliphatic rings. The highest BCUT2D eigenvalue weighted by molar-refractivity contribution is 9.10. The third kappa shape index (κ3) is 3.74. The minimum Gasteiger partial charge on any atom is -0.397 e. The van der Waals surface area contributed by atoms with E-state index >= 15 is 0 Å². The molecule has 0 atom stereocenters. The molecule has 0 saturated heterocycles. The average molecular weight is 271 g/mol. The van der Waals surface area contributed by atoms with Crippen LogP contribution in [-0.2, 0) is 0 Å². The van der Waals surface area contributed by atoms with Crippen molar-refractivity contribution in [1.29, 1.82) is 0 Å². The zero-order valence-corrected chi connectivity index (χ0v) is 11.4. The van der Waals surface area contributed by atoms with Gasteiger partial charge in [-0.15, -0.1) is 0 Å². The van der Waals surface area contributed by atoms with E-state index in [1.54, 1.807) is 0 Å². The Kier molecular flexibility index (Phi) is 3.66. The van der Waals surface area contributed by atoms with Crippen LogP contribution < -0.4 is 10.6 Å². The van der Waals surface area contributed by atoms with Crippen LogP contribution in [0.3, 0.4) is 0 Å². The molecule has 2 nitrogen and oxygen atoms in total. The Morgan fingerprint density at radius 1 is 1.33 bits per heavy atom. The molecule has 0 amide bonds. The van der Waals surface area contributed by atoms with E-state index in [0.717, 1.165) is 22.4 Å². The molecule has 1 aromatic carbocycles. The van der Waals surface area contributed by atoms with E-state index in [2.05, 4.69) is 48.6 Å². The first-order chi connectivity index (χ1) is 6.79. The molecule has 0 bridgehead atoms. The van der Waals surface area contributed by atoms with E-state index < -0.39 is 0 Å². The summed E-state index contributed by atoms with van der Waals surface area (Å²) in [5.74, 6) is 0. The van der Waals surface area contributed by atoms with E-state index in [9.17, 15) is 0 Å². The fourth-order valence-corrected chi connectivity index (χ4v) is 2.05. The summed E-state index contributed by atoms with van der Waals surface area (Å²) in [6.07, 6.45) is 0. The average Bonchev–Trinajstić information content (AvgIpc) is 1.99. The summed E-state index contributed by atoms with van der Waals surface area (Å²) < 4.78 is 1.02. The number of hydrogen-bond donors (Lipinski definition) is 1. The number of rotatable bonds is 2. The van der Waals surface area contributed by atoms with Gasteiger partial charge in [0.1, 0.15) is 0 Å². The van der Waals surface area contributed by atoms with E-state index in [-0.39, 0.29) is 5.41 Å². The molecule has 84 valence electrons. The van der Waals surface area contributed by atoms with Crippen LogP contribution >= 0.6 is 15.9 Å². The molecule has 0 aliphatic heterocycles. The number of nitrogens with zero attached hydrogens (tertiary/aromatic N) is 1. The minimum atomic E-state index is 0.272. The molecule has 0 aliphatic carbocycles. The minimum absolute atomic E-state index is 0.272. The fraction of sp³-hybridized carbons (Fsp3) is 0.500. The molecular formula is C12H19BrN2. The molecule has 2 N–H and O–H groups in total. The molecule has 0 aromatic heterocycles. The lowest BCUT2D eigenvalue weighted by Gasteiger charge is -2.29. The van der Waals surface area contributed by atoms with Crippen molar-refractivity contribution in [1.82, 2.24) is 0 Å². The standard InChI is InChI=1S/C12H19BrN2/c1-12(2,3)8-15(4)11-6-5-9(13)7-10(11)14/h5-7H,8,14H2,1-4H3. The Labute approximate surface area is 101 Å². The fourth-order valence-electron chi connectivity index (χ4n) is 1.67. The number of nitrogen functional groups attached to an aromatic ring is 1. The van der Waals surface area contributed by atoms with Crippen molar-refractivity contribution < 1.29 is 0 Å². The summed E-state index contributed by atoms with van der Waals surface area (Å²) in [7, 11) is 2.07. The number of nitrogens with two attached hydrogens (primary N) is 1. The van der Waals surface area contributed by atoms with Crippen molar-refractivity contribution in [3.8, 4) is 0 Å². The predicted molar refractivity (Wildman–Crippen MR) is 71.3 cm³/mol. The van der Waals surface area contributed by atoms with Crippen molar-refractivity contribution in [3.63, 3.8) is 0 Å². The first kappa shape index (κ1) is 12.4. The van der Waals surface area contributed by atoms with Gasteiger partial charge in [-0.3, -0.25) is 0 Å². The van der Waals surface area contributed by atoms with E-state index in [4.69, 9.17) is 5.73 Å². The summed E-state index contributed by atoms with van der Waals surface area (Å²) in [5.41, 5.74) is 8.15. The molecule has 15 heavy (non-hydrogen) atoms. The van der Waals surface area contributed by atoms with Crippen LogP contribution in [0.15, 0.2) is 22.7 Å². The van der Waals surface area contributed by atoms with Crippen LogP contribution in [0.4, 0.5) is 11.4 Å². The smallest absolute Gasteiger partial charge is 0.0598 e. The van der Waals surface area contributed by atoms with E-state index in [1.165, 1.54) is 0 Å². The molecule has 0 unspecified atom stereocenters. The van der Waals surface area contributed by atoms with Gasteiger partial charge in [0.05, 0.1) is 11.4 Å². The normalized spacial score (nSPS) is 11.5. The topological polar surface area (TPSA) is 29.3 Å². The SMILES string of the molecule is CN(CC(C)(C)C)c1ccc(Br)cc1N. The van der Waals surface area contributed by atoms with Crippen molar-refractivity contribution in [2.75, 3.05) is 24.2 Å². The Hall–Kier alpha value is -0.700. The van der Waals surface area contributed by atoms with Gasteiger partial charge in [0.15, 0.2) is 0 Å². The molecule has 0 saturated carbocycles. The maximum atomic E-state index is 5.97. The van der Waals surface area contributed by atoms with Gasteiger partial charge in [0, 0.05) is 18.1 Å². The summed E-state index contributed by atoms with van der Waals surface area (Å²) in [6.45, 7) is 7.65. The lowest BCUT2D eigenvalue weighted by Crippen LogP contribution is -2.29. The molecule has 0 radical (unpaired) electrons. The molecule has 3 heteroatoms. The lowest BCUT2D eigenvalue weighted by molar-refractivity contribution is 0.419. The first-order valence-corrected chi connectivity index (χ1v) is 5.85. The van der Waals surface area contributed by atoms with Crippen LogP contribution in [0.5, 0.6) is 0 Å². The number of hydrogen-bond acceptors (Lipinski definition) is 2. The molecule has 1 rings (SSSR count). The van der Waals surface area contributed by atoms with Gasteiger partial charge >= 0.3 is 0 Å². The summed E-state index contributed by atoms with van der Waals surface area (Å²) in [6, 6.07) is 6.00. The van der Waals surface area contributed by atoms with Gasteiger partial charge in [0.25, 0.3) is 0 Å². The highest BCUT2D eigenvalue weighted by Crippen LogP contribution is 2.28. The van der Waals surface area contributed by atoms with E-state index in [0.29, 0.717) is 0 Å². The Bertz CT molecular complexity index is 342. The highest BCUT2D eigenvalue weighted by atomic mass is 79.9. The van der Waals surface area contributed by atoms with Gasteiger partial charge in [-0.1, -0.05) is 36.7 Å². The monoisotopic (exact) mass is 270 g/mol. The maximum absolute atomic E-state index is 5.97. The number of halogens is 1. The van der Waals surface area contributed by atoms with Crippen molar-refractivity contribution >= 4 is 27.3 Å². The van der Waals surface area contributed by atoms with Crippen LogP contribution in [0, 0.1) is 5.41 Å². The summed E-state index contributed by atoms with van der Waals surface area (Å²) in [5, 5.41) is 0. The quantitative estimate of drug-likeness (QED) is 0.834. The third-order valence-corrected chi connectivity index (χ3v) is 2.61. The van der Waals surface area contributed by atoms with Crippen LogP contribution in [0.2, 0.25) is 0 Å². The molecule has 0 heterocycles. The van der Waals surface area contributed by atoms with Crippen molar-refractivity contribution in [3.05, 3.63) is 22.7 Å². The second-order valence-electron chi connectivity index (χ2n) is 5.12. The molecular weight excluding hydrogens is 252 g/mol. The third-order valence-electron chi connectivity index (χ3n) is 2.11. The van der Waals surface area contributed by atoms with Gasteiger partial charge in [-0.05, 0) is 23.6 Å². The second kappa shape index (κ2) is 4.44. The lowest BCUT2D eigenvalue weighted by atomic mass is 9.96. The number of anilines is 2. The van der Waals surface area contributed by atoms with Gasteiger partial charge in [-0.2, -0.15) is 0 Å². The Morgan fingerprint density at radius 3 is 2.40 bits per heavy atom. The van der Waals surface area contributed by atoms with Gasteiger partial charge in [-0.25, -0.2) is 0 Å². The van der Waals surface area contributed by atoms with Crippen LogP contribution in [-0.4, -0.2) is 13.6 Å². The van der Waals surface area contributed by atoms with Crippen LogP contribution in [0.1, 0.15) is 20.8 Å². The molecule has 1 aromatic rings. The zero-order chi connectivity index (χ0) is 11.6. The highest BCUT2D eigenvalue weighted by Gasteiger charge is 2.15. The Balaban J connectivity index is 2.87. The van der Waals surface area contributed by atoms with Crippen molar-refractivity contribution in [2.24, 2.45) is 5.41 Å². The maximum Gasteiger partial charge on any atom is 0.0598 e. The summed E-state index contributed by atoms with van der Waals surface area (Å²) in [4.78, 5) is 2.20. The second-order valence-corrected chi connectivity index (χ2v) is 6.04. The zero-order valence-electron chi connectivity index (χ0n) is 9.84. The predicted octanol–water partition coefficient (Wildman–Crippen LogP) is 3.51.